The van der Waals surface area contributed by atoms with Crippen LogP contribution >= 0.6 is 0 Å². The average Bonchev–Trinajstić information content (AvgIpc) is 3.23. The van der Waals surface area contributed by atoms with Crippen LogP contribution in [0.25, 0.3) is 0 Å². The standard InChI is InChI=1S/C16H18FNO/c17-16-8-13(5-6-14(16)9-18)12-3-1-11(2-4-12)7-15-10-19-15/h5-6,8,11-12,15H,1-4,7,10H2. The van der Waals surface area contributed by atoms with Gasteiger partial charge in [-0.15, -0.1) is 0 Å². The summed E-state index contributed by atoms with van der Waals surface area (Å²) in [4.78, 5) is 0. The van der Waals surface area contributed by atoms with Gasteiger partial charge in [-0.05, 0) is 61.6 Å². The summed E-state index contributed by atoms with van der Waals surface area (Å²) in [6, 6.07) is 6.94. The highest BCUT2D eigenvalue weighted by atomic mass is 19.1. The third-order valence-corrected chi connectivity index (χ3v) is 4.43. The second-order valence-corrected chi connectivity index (χ2v) is 5.76. The van der Waals surface area contributed by atoms with Gasteiger partial charge < -0.3 is 4.74 Å². The second-order valence-electron chi connectivity index (χ2n) is 5.76. The molecule has 2 fully saturated rings. The molecule has 1 heterocycles. The van der Waals surface area contributed by atoms with Crippen molar-refractivity contribution in [2.75, 3.05) is 6.61 Å². The van der Waals surface area contributed by atoms with Gasteiger partial charge in [0, 0.05) is 0 Å². The lowest BCUT2D eigenvalue weighted by Crippen LogP contribution is -2.15. The molecule has 3 rings (SSSR count). The lowest BCUT2D eigenvalue weighted by Gasteiger charge is -2.28. The van der Waals surface area contributed by atoms with Crippen LogP contribution in [-0.2, 0) is 4.74 Å². The number of nitrogens with zero attached hydrogens (tertiary/aromatic N) is 1. The Balaban J connectivity index is 1.61. The van der Waals surface area contributed by atoms with Crippen LogP contribution in [-0.4, -0.2) is 12.7 Å². The highest BCUT2D eigenvalue weighted by molar-refractivity contribution is 5.34. The number of rotatable bonds is 3. The van der Waals surface area contributed by atoms with Gasteiger partial charge in [-0.25, -0.2) is 4.39 Å². The lowest BCUT2D eigenvalue weighted by molar-refractivity contribution is 0.276. The molecule has 2 nitrogen and oxygen atoms in total. The number of ether oxygens (including phenoxy) is 1. The summed E-state index contributed by atoms with van der Waals surface area (Å²) in [5.74, 6) is 0.860. The van der Waals surface area contributed by atoms with Crippen molar-refractivity contribution in [2.24, 2.45) is 5.92 Å². The van der Waals surface area contributed by atoms with Crippen LogP contribution in [0.4, 0.5) is 4.39 Å². The van der Waals surface area contributed by atoms with E-state index >= 15 is 0 Å². The van der Waals surface area contributed by atoms with Crippen molar-refractivity contribution in [1.29, 1.82) is 5.26 Å². The quantitative estimate of drug-likeness (QED) is 0.775. The Hall–Kier alpha value is -1.40. The van der Waals surface area contributed by atoms with Crippen molar-refractivity contribution < 1.29 is 9.13 Å². The van der Waals surface area contributed by atoms with E-state index in [0.29, 0.717) is 12.0 Å². The summed E-state index contributed by atoms with van der Waals surface area (Å²) in [5, 5.41) is 8.74. The van der Waals surface area contributed by atoms with Crippen molar-refractivity contribution in [3.05, 3.63) is 35.1 Å². The molecule has 0 bridgehead atoms. The van der Waals surface area contributed by atoms with E-state index in [1.807, 2.05) is 12.1 Å². The molecule has 1 saturated carbocycles. The zero-order valence-corrected chi connectivity index (χ0v) is 10.9. The molecule has 0 aromatic heterocycles. The van der Waals surface area contributed by atoms with E-state index in [-0.39, 0.29) is 11.4 Å². The fourth-order valence-electron chi connectivity index (χ4n) is 3.18. The van der Waals surface area contributed by atoms with Gasteiger partial charge in [0.2, 0.25) is 0 Å². The lowest BCUT2D eigenvalue weighted by atomic mass is 9.77. The predicted molar refractivity (Wildman–Crippen MR) is 70.2 cm³/mol. The van der Waals surface area contributed by atoms with Crippen molar-refractivity contribution >= 4 is 0 Å². The maximum Gasteiger partial charge on any atom is 0.141 e. The predicted octanol–water partition coefficient (Wildman–Crippen LogP) is 3.76. The monoisotopic (exact) mass is 259 g/mol. The SMILES string of the molecule is N#Cc1ccc(C2CCC(CC3CO3)CC2)cc1F. The van der Waals surface area contributed by atoms with Gasteiger partial charge in [-0.3, -0.25) is 0 Å². The molecule has 2 aliphatic rings. The molecule has 0 radical (unpaired) electrons. The van der Waals surface area contributed by atoms with Gasteiger partial charge in [-0.2, -0.15) is 5.26 Å². The van der Waals surface area contributed by atoms with E-state index in [1.165, 1.54) is 19.3 Å². The second kappa shape index (κ2) is 5.30. The topological polar surface area (TPSA) is 36.3 Å². The van der Waals surface area contributed by atoms with Gasteiger partial charge in [0.1, 0.15) is 11.9 Å². The third-order valence-electron chi connectivity index (χ3n) is 4.43. The first-order chi connectivity index (χ1) is 9.26. The van der Waals surface area contributed by atoms with E-state index in [4.69, 9.17) is 10.00 Å². The van der Waals surface area contributed by atoms with Crippen LogP contribution in [0.1, 0.15) is 49.1 Å². The van der Waals surface area contributed by atoms with Crippen molar-refractivity contribution in [3.63, 3.8) is 0 Å². The molecule has 100 valence electrons. The molecule has 0 amide bonds. The molecule has 1 aliphatic carbocycles. The molecular weight excluding hydrogens is 241 g/mol. The summed E-state index contributed by atoms with van der Waals surface area (Å²) in [7, 11) is 0. The third kappa shape index (κ3) is 2.96. The molecule has 1 atom stereocenters. The maximum atomic E-state index is 13.6. The molecule has 1 aliphatic heterocycles. The first-order valence-corrected chi connectivity index (χ1v) is 7.07. The Morgan fingerprint density at radius 1 is 1.26 bits per heavy atom. The summed E-state index contributed by atoms with van der Waals surface area (Å²) >= 11 is 0. The average molecular weight is 259 g/mol. The molecule has 1 aromatic rings. The number of halogens is 1. The number of nitriles is 1. The van der Waals surface area contributed by atoms with Crippen LogP contribution in [0, 0.1) is 23.1 Å². The minimum Gasteiger partial charge on any atom is -0.373 e. The van der Waals surface area contributed by atoms with E-state index in [2.05, 4.69) is 0 Å². The highest BCUT2D eigenvalue weighted by Gasteiger charge is 2.30. The Kier molecular flexibility index (Phi) is 3.52. The summed E-state index contributed by atoms with van der Waals surface area (Å²) in [5.41, 5.74) is 1.20. The van der Waals surface area contributed by atoms with Crippen LogP contribution in [0.2, 0.25) is 0 Å². The van der Waals surface area contributed by atoms with E-state index < -0.39 is 0 Å². The maximum absolute atomic E-state index is 13.6. The minimum atomic E-state index is -0.381. The molecule has 1 unspecified atom stereocenters. The number of hydrogen-bond donors (Lipinski definition) is 0. The van der Waals surface area contributed by atoms with Crippen LogP contribution in [0.15, 0.2) is 18.2 Å². The molecule has 0 N–H and O–H groups in total. The Bertz CT molecular complexity index is 496. The molecular formula is C16H18FNO. The normalized spacial score (nSPS) is 29.8. The molecule has 1 saturated heterocycles. The zero-order valence-electron chi connectivity index (χ0n) is 10.9. The van der Waals surface area contributed by atoms with E-state index in [9.17, 15) is 4.39 Å². The molecule has 1 aromatic carbocycles. The molecule has 3 heteroatoms. The summed E-state index contributed by atoms with van der Waals surface area (Å²) in [6.45, 7) is 0.945. The van der Waals surface area contributed by atoms with Gasteiger partial charge in [-0.1, -0.05) is 6.07 Å². The Morgan fingerprint density at radius 3 is 2.58 bits per heavy atom. The van der Waals surface area contributed by atoms with Crippen molar-refractivity contribution in [1.82, 2.24) is 0 Å². The van der Waals surface area contributed by atoms with Crippen molar-refractivity contribution in [3.8, 4) is 6.07 Å². The van der Waals surface area contributed by atoms with Crippen LogP contribution in [0.3, 0.4) is 0 Å². The first-order valence-electron chi connectivity index (χ1n) is 7.07. The first kappa shape index (κ1) is 12.6. The number of epoxide rings is 1. The largest absolute Gasteiger partial charge is 0.373 e. The molecule has 0 spiro atoms. The van der Waals surface area contributed by atoms with Gasteiger partial charge in [0.05, 0.1) is 18.3 Å². The van der Waals surface area contributed by atoms with Gasteiger partial charge in [0.25, 0.3) is 0 Å². The van der Waals surface area contributed by atoms with Crippen LogP contribution < -0.4 is 0 Å². The van der Waals surface area contributed by atoms with E-state index in [1.54, 1.807) is 12.1 Å². The number of benzene rings is 1. The van der Waals surface area contributed by atoms with Crippen molar-refractivity contribution in [2.45, 2.75) is 44.1 Å². The Labute approximate surface area is 113 Å². The van der Waals surface area contributed by atoms with E-state index in [0.717, 1.165) is 30.9 Å². The van der Waals surface area contributed by atoms with Gasteiger partial charge >= 0.3 is 0 Å². The fourth-order valence-corrected chi connectivity index (χ4v) is 3.18. The highest BCUT2D eigenvalue weighted by Crippen LogP contribution is 2.39. The molecule has 19 heavy (non-hydrogen) atoms. The zero-order chi connectivity index (χ0) is 13.2. The fraction of sp³-hybridized carbons (Fsp3) is 0.562. The summed E-state index contributed by atoms with van der Waals surface area (Å²) < 4.78 is 18.9. The minimum absolute atomic E-state index is 0.142. The van der Waals surface area contributed by atoms with Crippen LogP contribution in [0.5, 0.6) is 0 Å². The smallest absolute Gasteiger partial charge is 0.141 e. The number of hydrogen-bond acceptors (Lipinski definition) is 2. The van der Waals surface area contributed by atoms with Gasteiger partial charge in [0.15, 0.2) is 0 Å². The Morgan fingerprint density at radius 2 is 2.00 bits per heavy atom. The summed E-state index contributed by atoms with van der Waals surface area (Å²) in [6.07, 6.45) is 6.41.